The van der Waals surface area contributed by atoms with E-state index in [0.717, 1.165) is 16.8 Å². The van der Waals surface area contributed by atoms with Crippen molar-refractivity contribution in [3.8, 4) is 11.3 Å². The lowest BCUT2D eigenvalue weighted by Gasteiger charge is -1.96. The number of alkyl halides is 1. The average Bonchev–Trinajstić information content (AvgIpc) is 2.66. The first-order valence-corrected chi connectivity index (χ1v) is 4.83. The van der Waals surface area contributed by atoms with E-state index in [4.69, 9.17) is 11.6 Å². The van der Waals surface area contributed by atoms with E-state index in [1.54, 1.807) is 12.5 Å². The van der Waals surface area contributed by atoms with Crippen molar-refractivity contribution in [2.24, 2.45) is 0 Å². The highest BCUT2D eigenvalue weighted by molar-refractivity contribution is 6.15. The first-order chi connectivity index (χ1) is 6.79. The molecule has 72 valence electrons. The topological polar surface area (TPSA) is 30.7 Å². The molecule has 0 saturated heterocycles. The molecule has 2 aromatic rings. The molecule has 0 fully saturated rings. The van der Waals surface area contributed by atoms with Crippen molar-refractivity contribution in [1.82, 2.24) is 14.5 Å². The summed E-state index contributed by atoms with van der Waals surface area (Å²) < 4.78 is 1.82. The normalized spacial score (nSPS) is 10.4. The zero-order valence-electron chi connectivity index (χ0n) is 7.81. The molecule has 4 heteroatoms. The Labute approximate surface area is 87.4 Å². The Morgan fingerprint density at radius 3 is 2.93 bits per heavy atom. The van der Waals surface area contributed by atoms with Gasteiger partial charge in [-0.2, -0.15) is 0 Å². The van der Waals surface area contributed by atoms with E-state index < -0.39 is 0 Å². The number of rotatable bonds is 2. The summed E-state index contributed by atoms with van der Waals surface area (Å²) in [5.74, 6) is 0. The van der Waals surface area contributed by atoms with Crippen molar-refractivity contribution < 1.29 is 0 Å². The molecular formula is C10H10ClN3. The number of pyridine rings is 1. The minimum Gasteiger partial charge on any atom is -0.323 e. The number of aryl methyl sites for hydroxylation is 1. The van der Waals surface area contributed by atoms with E-state index in [1.807, 2.05) is 30.0 Å². The fourth-order valence-electron chi connectivity index (χ4n) is 1.27. The zero-order chi connectivity index (χ0) is 9.97. The maximum atomic E-state index is 5.67. The van der Waals surface area contributed by atoms with E-state index in [1.165, 1.54) is 0 Å². The molecule has 14 heavy (non-hydrogen) atoms. The fraction of sp³-hybridized carbons (Fsp3) is 0.200. The van der Waals surface area contributed by atoms with Crippen LogP contribution in [0.5, 0.6) is 0 Å². The molecule has 2 aromatic heterocycles. The van der Waals surface area contributed by atoms with Crippen LogP contribution >= 0.6 is 11.6 Å². The van der Waals surface area contributed by atoms with Crippen molar-refractivity contribution in [2.45, 2.75) is 12.9 Å². The smallest absolute Gasteiger partial charge is 0.0981 e. The summed E-state index contributed by atoms with van der Waals surface area (Å²) in [5, 5.41) is 0. The zero-order valence-corrected chi connectivity index (χ0v) is 8.57. The molecular weight excluding hydrogens is 198 g/mol. The summed E-state index contributed by atoms with van der Waals surface area (Å²) in [6.45, 7) is 2.01. The second-order valence-corrected chi connectivity index (χ2v) is 3.38. The Kier molecular flexibility index (Phi) is 2.50. The van der Waals surface area contributed by atoms with Gasteiger partial charge in [-0.1, -0.05) is 0 Å². The maximum Gasteiger partial charge on any atom is 0.0981 e. The van der Waals surface area contributed by atoms with E-state index in [0.29, 0.717) is 6.00 Å². The van der Waals surface area contributed by atoms with Gasteiger partial charge in [-0.05, 0) is 18.6 Å². The predicted octanol–water partition coefficient (Wildman–Crippen LogP) is 2.45. The third-order valence-electron chi connectivity index (χ3n) is 1.94. The van der Waals surface area contributed by atoms with Crippen LogP contribution in [0.15, 0.2) is 31.0 Å². The van der Waals surface area contributed by atoms with Gasteiger partial charge in [0.1, 0.15) is 0 Å². The molecule has 0 unspecified atom stereocenters. The van der Waals surface area contributed by atoms with Crippen LogP contribution in [0.3, 0.4) is 0 Å². The lowest BCUT2D eigenvalue weighted by molar-refractivity contribution is 0.881. The molecule has 0 atom stereocenters. The van der Waals surface area contributed by atoms with Gasteiger partial charge in [0.25, 0.3) is 0 Å². The summed E-state index contributed by atoms with van der Waals surface area (Å²) in [5.41, 5.74) is 3.05. The Bertz CT molecular complexity index is 436. The van der Waals surface area contributed by atoms with Gasteiger partial charge < -0.3 is 4.57 Å². The maximum absolute atomic E-state index is 5.67. The molecule has 0 N–H and O–H groups in total. The van der Waals surface area contributed by atoms with Gasteiger partial charge in [-0.15, -0.1) is 11.6 Å². The SMILES string of the molecule is Cc1cncc(-c2cn(CCl)cn2)c1. The van der Waals surface area contributed by atoms with Crippen molar-refractivity contribution in [3.63, 3.8) is 0 Å². The Morgan fingerprint density at radius 2 is 2.29 bits per heavy atom. The summed E-state index contributed by atoms with van der Waals surface area (Å²) in [6, 6.07) is 2.47. The van der Waals surface area contributed by atoms with Gasteiger partial charge >= 0.3 is 0 Å². The van der Waals surface area contributed by atoms with Gasteiger partial charge in [-0.25, -0.2) is 4.98 Å². The number of hydrogen-bond donors (Lipinski definition) is 0. The molecule has 0 aliphatic carbocycles. The second-order valence-electron chi connectivity index (χ2n) is 3.14. The van der Waals surface area contributed by atoms with Crippen LogP contribution in [0.25, 0.3) is 11.3 Å². The summed E-state index contributed by atoms with van der Waals surface area (Å²) in [7, 11) is 0. The minimum absolute atomic E-state index is 0.423. The summed E-state index contributed by atoms with van der Waals surface area (Å²) in [6.07, 6.45) is 7.24. The van der Waals surface area contributed by atoms with Crippen molar-refractivity contribution >= 4 is 11.6 Å². The Hall–Kier alpha value is -1.35. The highest BCUT2D eigenvalue weighted by Crippen LogP contribution is 2.16. The highest BCUT2D eigenvalue weighted by Gasteiger charge is 2.01. The van der Waals surface area contributed by atoms with E-state index in [-0.39, 0.29) is 0 Å². The number of halogens is 1. The third-order valence-corrected chi connectivity index (χ3v) is 2.22. The molecule has 0 bridgehead atoms. The molecule has 3 nitrogen and oxygen atoms in total. The lowest BCUT2D eigenvalue weighted by Crippen LogP contribution is -1.84. The van der Waals surface area contributed by atoms with Crippen LogP contribution < -0.4 is 0 Å². The summed E-state index contributed by atoms with van der Waals surface area (Å²) >= 11 is 5.67. The number of hydrogen-bond acceptors (Lipinski definition) is 2. The molecule has 0 aromatic carbocycles. The number of imidazole rings is 1. The Balaban J connectivity index is 2.39. The third kappa shape index (κ3) is 1.77. The van der Waals surface area contributed by atoms with Crippen LogP contribution in [0.1, 0.15) is 5.56 Å². The van der Waals surface area contributed by atoms with Gasteiger partial charge in [0, 0.05) is 24.2 Å². The summed E-state index contributed by atoms with van der Waals surface area (Å²) in [4.78, 5) is 8.35. The van der Waals surface area contributed by atoms with Gasteiger partial charge in [0.2, 0.25) is 0 Å². The van der Waals surface area contributed by atoms with Crippen LogP contribution in [-0.2, 0) is 6.00 Å². The first kappa shape index (κ1) is 9.21. The minimum atomic E-state index is 0.423. The van der Waals surface area contributed by atoms with Gasteiger partial charge in [0.05, 0.1) is 18.0 Å². The van der Waals surface area contributed by atoms with E-state index in [9.17, 15) is 0 Å². The van der Waals surface area contributed by atoms with Crippen molar-refractivity contribution in [1.29, 1.82) is 0 Å². The van der Waals surface area contributed by atoms with E-state index in [2.05, 4.69) is 9.97 Å². The van der Waals surface area contributed by atoms with Crippen LogP contribution in [0.2, 0.25) is 0 Å². The standard InChI is InChI=1S/C10H10ClN3/c1-8-2-9(4-12-3-8)10-5-14(6-11)7-13-10/h2-5,7H,6H2,1H3. The van der Waals surface area contributed by atoms with Crippen molar-refractivity contribution in [3.05, 3.63) is 36.5 Å². The molecule has 0 radical (unpaired) electrons. The second kappa shape index (κ2) is 3.80. The largest absolute Gasteiger partial charge is 0.323 e. The van der Waals surface area contributed by atoms with Crippen LogP contribution in [0, 0.1) is 6.92 Å². The quantitative estimate of drug-likeness (QED) is 0.709. The molecule has 0 aliphatic heterocycles. The van der Waals surface area contributed by atoms with Crippen LogP contribution in [0.4, 0.5) is 0 Å². The number of aromatic nitrogens is 3. The predicted molar refractivity (Wildman–Crippen MR) is 56.0 cm³/mol. The molecule has 0 saturated carbocycles. The molecule has 0 amide bonds. The monoisotopic (exact) mass is 207 g/mol. The van der Waals surface area contributed by atoms with Crippen LogP contribution in [-0.4, -0.2) is 14.5 Å². The van der Waals surface area contributed by atoms with Gasteiger partial charge in [0.15, 0.2) is 0 Å². The molecule has 0 aliphatic rings. The Morgan fingerprint density at radius 1 is 1.43 bits per heavy atom. The fourth-order valence-corrected chi connectivity index (χ4v) is 1.40. The van der Waals surface area contributed by atoms with Crippen molar-refractivity contribution in [2.75, 3.05) is 0 Å². The number of nitrogens with zero attached hydrogens (tertiary/aromatic N) is 3. The molecule has 0 spiro atoms. The first-order valence-electron chi connectivity index (χ1n) is 4.29. The lowest BCUT2D eigenvalue weighted by atomic mass is 10.2. The van der Waals surface area contributed by atoms with Gasteiger partial charge in [-0.3, -0.25) is 4.98 Å². The average molecular weight is 208 g/mol. The van der Waals surface area contributed by atoms with E-state index >= 15 is 0 Å². The molecule has 2 rings (SSSR count). The highest BCUT2D eigenvalue weighted by atomic mass is 35.5. The molecule has 2 heterocycles.